The van der Waals surface area contributed by atoms with Crippen LogP contribution in [0.1, 0.15) is 39.5 Å². The maximum atomic E-state index is 13.1. The van der Waals surface area contributed by atoms with Gasteiger partial charge in [-0.1, -0.05) is 20.4 Å². The first-order valence-corrected chi connectivity index (χ1v) is 11.4. The molecule has 1 aliphatic carbocycles. The highest BCUT2D eigenvalue weighted by Gasteiger charge is 2.38. The lowest BCUT2D eigenvalue weighted by atomic mass is 9.87. The van der Waals surface area contributed by atoms with Crippen molar-refractivity contribution in [3.8, 4) is 5.75 Å². The zero-order valence-electron chi connectivity index (χ0n) is 16.6. The van der Waals surface area contributed by atoms with Crippen molar-refractivity contribution >= 4 is 15.9 Å². The van der Waals surface area contributed by atoms with Crippen LogP contribution in [0.4, 0.5) is 0 Å². The predicted molar refractivity (Wildman–Crippen MR) is 109 cm³/mol. The van der Waals surface area contributed by atoms with E-state index in [1.54, 1.807) is 24.3 Å². The van der Waals surface area contributed by atoms with E-state index >= 15 is 0 Å². The Hall–Kier alpha value is -1.86. The van der Waals surface area contributed by atoms with E-state index in [1.165, 1.54) is 23.2 Å². The lowest BCUT2D eigenvalue weighted by Gasteiger charge is -2.40. The van der Waals surface area contributed by atoms with E-state index in [1.807, 2.05) is 13.8 Å². The summed E-state index contributed by atoms with van der Waals surface area (Å²) in [5.74, 6) is 0.510. The minimum atomic E-state index is -3.58. The Morgan fingerprint density at radius 2 is 1.71 bits per heavy atom. The molecule has 0 aromatic heterocycles. The number of benzene rings is 1. The van der Waals surface area contributed by atoms with E-state index in [0.29, 0.717) is 13.1 Å². The van der Waals surface area contributed by atoms with Crippen LogP contribution in [0.5, 0.6) is 5.75 Å². The quantitative estimate of drug-likeness (QED) is 0.737. The third-order valence-electron chi connectivity index (χ3n) is 5.77. The van der Waals surface area contributed by atoms with Gasteiger partial charge >= 0.3 is 0 Å². The molecule has 1 saturated heterocycles. The van der Waals surface area contributed by atoms with Gasteiger partial charge in [-0.05, 0) is 67.9 Å². The highest BCUT2D eigenvalue weighted by atomic mass is 32.2. The molecule has 2 aliphatic rings. The van der Waals surface area contributed by atoms with Gasteiger partial charge in [-0.2, -0.15) is 4.31 Å². The fraction of sp³-hybridized carbons (Fsp3) is 0.571. The number of rotatable bonds is 6. The molecule has 7 heteroatoms. The summed E-state index contributed by atoms with van der Waals surface area (Å²) in [5, 5.41) is 2.93. The molecule has 2 atom stereocenters. The second kappa shape index (κ2) is 8.66. The van der Waals surface area contributed by atoms with Gasteiger partial charge in [0.25, 0.3) is 0 Å². The maximum absolute atomic E-state index is 13.1. The molecule has 1 heterocycles. The van der Waals surface area contributed by atoms with Crippen LogP contribution in [-0.2, 0) is 14.8 Å². The fourth-order valence-corrected chi connectivity index (χ4v) is 5.89. The number of amides is 1. The van der Waals surface area contributed by atoms with Crippen LogP contribution in [-0.4, -0.2) is 43.9 Å². The van der Waals surface area contributed by atoms with Gasteiger partial charge in [-0.25, -0.2) is 8.42 Å². The Morgan fingerprint density at radius 1 is 1.14 bits per heavy atom. The van der Waals surface area contributed by atoms with Crippen molar-refractivity contribution in [1.29, 1.82) is 0 Å². The third-order valence-corrected chi connectivity index (χ3v) is 7.62. The molecule has 1 amide bonds. The molecule has 28 heavy (non-hydrogen) atoms. The lowest BCUT2D eigenvalue weighted by Crippen LogP contribution is -2.55. The molecule has 1 aromatic carbocycles. The van der Waals surface area contributed by atoms with Crippen LogP contribution in [0, 0.1) is 11.8 Å². The SMILES string of the molecule is C=CC(=O)NC1C(C)CN(S(=O)(=O)c2ccc(OC3CCCC3)cc2)CC1C. The number of nitrogens with zero attached hydrogens (tertiary/aromatic N) is 1. The topological polar surface area (TPSA) is 75.7 Å². The lowest BCUT2D eigenvalue weighted by molar-refractivity contribution is -0.118. The summed E-state index contributed by atoms with van der Waals surface area (Å²) in [6, 6.07) is 6.67. The average Bonchev–Trinajstić information content (AvgIpc) is 3.17. The van der Waals surface area contributed by atoms with Gasteiger partial charge in [0.1, 0.15) is 5.75 Å². The van der Waals surface area contributed by atoms with Crippen molar-refractivity contribution < 1.29 is 17.9 Å². The van der Waals surface area contributed by atoms with Gasteiger partial charge in [0.15, 0.2) is 0 Å². The summed E-state index contributed by atoms with van der Waals surface area (Å²) < 4.78 is 33.6. The number of hydrogen-bond acceptors (Lipinski definition) is 4. The molecular weight excluding hydrogens is 376 g/mol. The Kier molecular flexibility index (Phi) is 6.45. The number of carbonyl (C=O) groups excluding carboxylic acids is 1. The molecule has 3 rings (SSSR count). The first kappa shape index (κ1) is 20.9. The van der Waals surface area contributed by atoms with Crippen LogP contribution < -0.4 is 10.1 Å². The van der Waals surface area contributed by atoms with Gasteiger partial charge in [0.05, 0.1) is 11.0 Å². The Balaban J connectivity index is 1.68. The molecule has 0 spiro atoms. The first-order chi connectivity index (χ1) is 13.3. The Morgan fingerprint density at radius 3 is 2.25 bits per heavy atom. The second-order valence-electron chi connectivity index (χ2n) is 8.01. The molecule has 6 nitrogen and oxygen atoms in total. The molecular formula is C21H30N2O4S. The molecule has 1 aromatic rings. The van der Waals surface area contributed by atoms with Gasteiger partial charge < -0.3 is 10.1 Å². The van der Waals surface area contributed by atoms with Crippen LogP contribution >= 0.6 is 0 Å². The van der Waals surface area contributed by atoms with Crippen LogP contribution in [0.3, 0.4) is 0 Å². The number of nitrogens with one attached hydrogen (secondary N) is 1. The summed E-state index contributed by atoms with van der Waals surface area (Å²) in [7, 11) is -3.58. The molecule has 0 bridgehead atoms. The zero-order chi connectivity index (χ0) is 20.3. The molecule has 2 fully saturated rings. The van der Waals surface area contributed by atoms with Crippen molar-refractivity contribution in [3.63, 3.8) is 0 Å². The van der Waals surface area contributed by atoms with E-state index in [9.17, 15) is 13.2 Å². The van der Waals surface area contributed by atoms with Crippen molar-refractivity contribution in [1.82, 2.24) is 9.62 Å². The minimum absolute atomic E-state index is 0.00685. The molecule has 2 unspecified atom stereocenters. The van der Waals surface area contributed by atoms with E-state index in [0.717, 1.165) is 18.6 Å². The van der Waals surface area contributed by atoms with Gasteiger partial charge in [-0.3, -0.25) is 4.79 Å². The molecule has 1 N–H and O–H groups in total. The first-order valence-electron chi connectivity index (χ1n) is 10.0. The normalized spacial score (nSPS) is 26.7. The molecule has 0 radical (unpaired) electrons. The van der Waals surface area contributed by atoms with Crippen LogP contribution in [0.15, 0.2) is 41.8 Å². The molecule has 1 saturated carbocycles. The second-order valence-corrected chi connectivity index (χ2v) is 9.95. The number of ether oxygens (including phenoxy) is 1. The van der Waals surface area contributed by atoms with E-state index in [2.05, 4.69) is 11.9 Å². The molecule has 154 valence electrons. The number of piperidine rings is 1. The summed E-state index contributed by atoms with van der Waals surface area (Å²) in [5.41, 5.74) is 0. The van der Waals surface area contributed by atoms with Gasteiger partial charge in [-0.15, -0.1) is 0 Å². The van der Waals surface area contributed by atoms with E-state index in [-0.39, 0.29) is 34.8 Å². The van der Waals surface area contributed by atoms with Crippen molar-refractivity contribution in [3.05, 3.63) is 36.9 Å². The fourth-order valence-electron chi connectivity index (χ4n) is 4.25. The molecule has 1 aliphatic heterocycles. The average molecular weight is 407 g/mol. The number of sulfonamides is 1. The Bertz CT molecular complexity index is 788. The summed E-state index contributed by atoms with van der Waals surface area (Å²) in [4.78, 5) is 11.9. The largest absolute Gasteiger partial charge is 0.490 e. The zero-order valence-corrected chi connectivity index (χ0v) is 17.5. The Labute approximate surface area is 168 Å². The predicted octanol–water partition coefficient (Wildman–Crippen LogP) is 2.96. The minimum Gasteiger partial charge on any atom is -0.490 e. The highest BCUT2D eigenvalue weighted by Crippen LogP contribution is 2.29. The summed E-state index contributed by atoms with van der Waals surface area (Å²) in [6.45, 7) is 8.15. The van der Waals surface area contributed by atoms with E-state index in [4.69, 9.17) is 4.74 Å². The maximum Gasteiger partial charge on any atom is 0.243 e. The summed E-state index contributed by atoms with van der Waals surface area (Å²) in [6.07, 6.45) is 6.00. The third kappa shape index (κ3) is 4.58. The highest BCUT2D eigenvalue weighted by molar-refractivity contribution is 7.89. The van der Waals surface area contributed by atoms with Crippen LogP contribution in [0.25, 0.3) is 0 Å². The monoisotopic (exact) mass is 406 g/mol. The number of hydrogen-bond donors (Lipinski definition) is 1. The van der Waals surface area contributed by atoms with Crippen molar-refractivity contribution in [2.75, 3.05) is 13.1 Å². The van der Waals surface area contributed by atoms with Crippen LogP contribution in [0.2, 0.25) is 0 Å². The van der Waals surface area contributed by atoms with Crippen molar-refractivity contribution in [2.24, 2.45) is 11.8 Å². The summed E-state index contributed by atoms with van der Waals surface area (Å²) >= 11 is 0. The standard InChI is InChI=1S/C21H30N2O4S/c1-4-20(24)22-21-15(2)13-23(14-16(21)3)28(25,26)19-11-9-18(10-12-19)27-17-7-5-6-8-17/h4,9-12,15-17,21H,1,5-8,13-14H2,2-3H3,(H,22,24). The van der Waals surface area contributed by atoms with Gasteiger partial charge in [0.2, 0.25) is 15.9 Å². The smallest absolute Gasteiger partial charge is 0.243 e. The number of carbonyl (C=O) groups is 1. The van der Waals surface area contributed by atoms with Gasteiger partial charge in [0, 0.05) is 19.1 Å². The van der Waals surface area contributed by atoms with E-state index < -0.39 is 10.0 Å². The van der Waals surface area contributed by atoms with Crippen molar-refractivity contribution in [2.45, 2.75) is 56.6 Å².